The molecule has 0 spiro atoms. The molecular weight excluding hydrogens is 374 g/mol. The smallest absolute Gasteiger partial charge is 0.264 e. The molecule has 0 amide bonds. The van der Waals surface area contributed by atoms with Crippen LogP contribution in [0.5, 0.6) is 0 Å². The Morgan fingerprint density at radius 2 is 1.76 bits per heavy atom. The summed E-state index contributed by atoms with van der Waals surface area (Å²) in [5.74, 6) is 0. The van der Waals surface area contributed by atoms with E-state index in [1.807, 2.05) is 13.0 Å². The summed E-state index contributed by atoms with van der Waals surface area (Å²) < 4.78 is 27.8. The SMILES string of the molecule is CCN(c1cc(Cl)ccc1C)S(=O)(=O)c1ccc(Br)cc1. The van der Waals surface area contributed by atoms with Crippen LogP contribution in [0, 0.1) is 6.92 Å². The number of sulfonamides is 1. The zero-order chi connectivity index (χ0) is 15.6. The van der Waals surface area contributed by atoms with Gasteiger partial charge < -0.3 is 0 Å². The number of hydrogen-bond acceptors (Lipinski definition) is 2. The molecule has 0 aliphatic heterocycles. The Morgan fingerprint density at radius 1 is 1.14 bits per heavy atom. The predicted molar refractivity (Wildman–Crippen MR) is 90.5 cm³/mol. The molecular formula is C15H15BrClNO2S. The van der Waals surface area contributed by atoms with E-state index in [9.17, 15) is 8.42 Å². The fraction of sp³-hybridized carbons (Fsp3) is 0.200. The number of anilines is 1. The van der Waals surface area contributed by atoms with E-state index >= 15 is 0 Å². The molecule has 0 bridgehead atoms. The number of nitrogens with zero attached hydrogens (tertiary/aromatic N) is 1. The highest BCUT2D eigenvalue weighted by molar-refractivity contribution is 9.10. The monoisotopic (exact) mass is 387 g/mol. The van der Waals surface area contributed by atoms with Crippen LogP contribution in [0.15, 0.2) is 51.8 Å². The van der Waals surface area contributed by atoms with Gasteiger partial charge >= 0.3 is 0 Å². The van der Waals surface area contributed by atoms with E-state index in [1.165, 1.54) is 4.31 Å². The lowest BCUT2D eigenvalue weighted by Crippen LogP contribution is -2.31. The molecule has 0 saturated heterocycles. The summed E-state index contributed by atoms with van der Waals surface area (Å²) in [6, 6.07) is 11.8. The molecule has 2 aromatic carbocycles. The van der Waals surface area contributed by atoms with Gasteiger partial charge in [0.05, 0.1) is 10.6 Å². The van der Waals surface area contributed by atoms with Gasteiger partial charge in [-0.25, -0.2) is 8.42 Å². The van der Waals surface area contributed by atoms with Crippen LogP contribution in [0.1, 0.15) is 12.5 Å². The van der Waals surface area contributed by atoms with Crippen LogP contribution in [0.3, 0.4) is 0 Å². The minimum absolute atomic E-state index is 0.256. The Balaban J connectivity index is 2.54. The van der Waals surface area contributed by atoms with Gasteiger partial charge in [0.1, 0.15) is 0 Å². The van der Waals surface area contributed by atoms with Crippen molar-refractivity contribution in [1.82, 2.24) is 0 Å². The van der Waals surface area contributed by atoms with Crippen molar-refractivity contribution < 1.29 is 8.42 Å². The van der Waals surface area contributed by atoms with Crippen LogP contribution in [0.2, 0.25) is 5.02 Å². The quantitative estimate of drug-likeness (QED) is 0.766. The van der Waals surface area contributed by atoms with Crippen molar-refractivity contribution >= 4 is 43.2 Å². The van der Waals surface area contributed by atoms with Crippen molar-refractivity contribution in [2.24, 2.45) is 0 Å². The molecule has 0 aliphatic rings. The third-order valence-electron chi connectivity index (χ3n) is 3.13. The average Bonchev–Trinajstić information content (AvgIpc) is 2.43. The molecule has 0 heterocycles. The zero-order valence-corrected chi connectivity index (χ0v) is 14.8. The zero-order valence-electron chi connectivity index (χ0n) is 11.7. The summed E-state index contributed by atoms with van der Waals surface area (Å²) in [4.78, 5) is 0.256. The first-order valence-corrected chi connectivity index (χ1v) is 9.02. The molecule has 2 rings (SSSR count). The third kappa shape index (κ3) is 3.42. The second-order valence-electron chi connectivity index (χ2n) is 4.55. The molecule has 0 aliphatic carbocycles. The van der Waals surface area contributed by atoms with E-state index in [4.69, 9.17) is 11.6 Å². The second-order valence-corrected chi connectivity index (χ2v) is 7.77. The lowest BCUT2D eigenvalue weighted by atomic mass is 10.2. The number of aryl methyl sites for hydroxylation is 1. The molecule has 0 saturated carbocycles. The standard InChI is InChI=1S/C15H15BrClNO2S/c1-3-18(15-10-13(17)7-4-11(15)2)21(19,20)14-8-5-12(16)6-9-14/h4-10H,3H2,1-2H3. The minimum atomic E-state index is -3.61. The number of hydrogen-bond donors (Lipinski definition) is 0. The van der Waals surface area contributed by atoms with Crippen LogP contribution in [-0.4, -0.2) is 15.0 Å². The Hall–Kier alpha value is -1.04. The summed E-state index contributed by atoms with van der Waals surface area (Å²) in [5.41, 5.74) is 1.47. The van der Waals surface area contributed by atoms with Gasteiger partial charge in [0, 0.05) is 16.0 Å². The fourth-order valence-electron chi connectivity index (χ4n) is 2.05. The molecule has 3 nitrogen and oxygen atoms in total. The van der Waals surface area contributed by atoms with Crippen LogP contribution in [0.4, 0.5) is 5.69 Å². The van der Waals surface area contributed by atoms with Crippen molar-refractivity contribution in [1.29, 1.82) is 0 Å². The first-order valence-electron chi connectivity index (χ1n) is 6.40. The molecule has 6 heteroatoms. The van der Waals surface area contributed by atoms with Crippen molar-refractivity contribution in [3.05, 3.63) is 57.5 Å². The van der Waals surface area contributed by atoms with Crippen molar-refractivity contribution in [3.63, 3.8) is 0 Å². The normalized spacial score (nSPS) is 11.4. The molecule has 0 fully saturated rings. The Bertz CT molecular complexity index is 745. The first kappa shape index (κ1) is 16.3. The van der Waals surface area contributed by atoms with Gasteiger partial charge in [0.15, 0.2) is 0 Å². The first-order chi connectivity index (χ1) is 9.86. The molecule has 0 aromatic heterocycles. The van der Waals surface area contributed by atoms with Crippen LogP contribution in [-0.2, 0) is 10.0 Å². The Kier molecular flexibility index (Phi) is 4.96. The summed E-state index contributed by atoms with van der Waals surface area (Å²) in [5, 5.41) is 0.514. The Morgan fingerprint density at radius 3 is 2.33 bits per heavy atom. The van der Waals surface area contributed by atoms with Gasteiger partial charge in [-0.1, -0.05) is 33.6 Å². The molecule has 2 aromatic rings. The molecule has 112 valence electrons. The average molecular weight is 389 g/mol. The third-order valence-corrected chi connectivity index (χ3v) is 5.80. The molecule has 0 unspecified atom stereocenters. The highest BCUT2D eigenvalue weighted by Gasteiger charge is 2.24. The summed E-state index contributed by atoms with van der Waals surface area (Å²) in [6.45, 7) is 4.00. The van der Waals surface area contributed by atoms with Gasteiger partial charge in [0.2, 0.25) is 0 Å². The van der Waals surface area contributed by atoms with E-state index < -0.39 is 10.0 Å². The predicted octanol–water partition coefficient (Wildman–Crippen LogP) is 4.63. The van der Waals surface area contributed by atoms with Crippen molar-refractivity contribution in [3.8, 4) is 0 Å². The molecule has 0 atom stereocenters. The van der Waals surface area contributed by atoms with Crippen molar-refractivity contribution in [2.45, 2.75) is 18.7 Å². The van der Waals surface area contributed by atoms with E-state index in [-0.39, 0.29) is 4.90 Å². The van der Waals surface area contributed by atoms with Gasteiger partial charge in [-0.15, -0.1) is 0 Å². The highest BCUT2D eigenvalue weighted by Crippen LogP contribution is 2.29. The maximum Gasteiger partial charge on any atom is 0.264 e. The maximum atomic E-state index is 12.8. The second kappa shape index (κ2) is 6.38. The van der Waals surface area contributed by atoms with Gasteiger partial charge in [-0.3, -0.25) is 4.31 Å². The van der Waals surface area contributed by atoms with Gasteiger partial charge in [-0.2, -0.15) is 0 Å². The van der Waals surface area contributed by atoms with Crippen LogP contribution < -0.4 is 4.31 Å². The number of benzene rings is 2. The minimum Gasteiger partial charge on any atom is -0.266 e. The van der Waals surface area contributed by atoms with Crippen LogP contribution in [0.25, 0.3) is 0 Å². The largest absolute Gasteiger partial charge is 0.266 e. The number of halogens is 2. The number of rotatable bonds is 4. The molecule has 21 heavy (non-hydrogen) atoms. The van der Waals surface area contributed by atoms with E-state index in [0.717, 1.165) is 10.0 Å². The van der Waals surface area contributed by atoms with Crippen molar-refractivity contribution in [2.75, 3.05) is 10.8 Å². The lowest BCUT2D eigenvalue weighted by Gasteiger charge is -2.24. The molecule has 0 N–H and O–H groups in total. The van der Waals surface area contributed by atoms with Gasteiger partial charge in [0.25, 0.3) is 10.0 Å². The van der Waals surface area contributed by atoms with E-state index in [2.05, 4.69) is 15.9 Å². The Labute approximate surface area is 138 Å². The lowest BCUT2D eigenvalue weighted by molar-refractivity contribution is 0.591. The van der Waals surface area contributed by atoms with E-state index in [0.29, 0.717) is 17.3 Å². The summed E-state index contributed by atoms with van der Waals surface area (Å²) >= 11 is 9.31. The summed E-state index contributed by atoms with van der Waals surface area (Å²) in [6.07, 6.45) is 0. The topological polar surface area (TPSA) is 37.4 Å². The van der Waals surface area contributed by atoms with Gasteiger partial charge in [-0.05, 0) is 55.8 Å². The maximum absolute atomic E-state index is 12.8. The van der Waals surface area contributed by atoms with E-state index in [1.54, 1.807) is 43.3 Å². The fourth-order valence-corrected chi connectivity index (χ4v) is 4.02. The summed E-state index contributed by atoms with van der Waals surface area (Å²) in [7, 11) is -3.61. The highest BCUT2D eigenvalue weighted by atomic mass is 79.9. The van der Waals surface area contributed by atoms with Crippen LogP contribution >= 0.6 is 27.5 Å². The molecule has 0 radical (unpaired) electrons.